The van der Waals surface area contributed by atoms with Gasteiger partial charge < -0.3 is 58.1 Å². The Kier molecular flexibility index (Phi) is 21.2. The van der Waals surface area contributed by atoms with Crippen LogP contribution in [-0.2, 0) is 60.8 Å². The number of hydrogen-bond donors (Lipinski definition) is 11. The van der Waals surface area contributed by atoms with Crippen molar-refractivity contribution in [1.82, 2.24) is 31.9 Å². The Bertz CT molecular complexity index is 1900. The van der Waals surface area contributed by atoms with Crippen molar-refractivity contribution in [2.24, 2.45) is 11.7 Å². The van der Waals surface area contributed by atoms with E-state index in [4.69, 9.17) is 5.73 Å². The molecule has 0 unspecified atom stereocenters. The molecule has 62 heavy (non-hydrogen) atoms. The minimum atomic E-state index is -1.91. The predicted molar refractivity (Wildman–Crippen MR) is 219 cm³/mol. The van der Waals surface area contributed by atoms with Crippen molar-refractivity contribution in [2.45, 2.75) is 114 Å². The zero-order chi connectivity index (χ0) is 46.5. The summed E-state index contributed by atoms with van der Waals surface area (Å²) in [6, 6.07) is 6.11. The van der Waals surface area contributed by atoms with Gasteiger partial charge in [0.05, 0.1) is 12.5 Å². The van der Waals surface area contributed by atoms with E-state index < -0.39 is 134 Å². The van der Waals surface area contributed by atoms with Crippen LogP contribution in [0.1, 0.15) is 70.4 Å². The van der Waals surface area contributed by atoms with Gasteiger partial charge in [0.2, 0.25) is 35.4 Å². The molecule has 0 radical (unpaired) electrons. The Morgan fingerprint density at radius 2 is 0.871 bits per heavy atom. The van der Waals surface area contributed by atoms with E-state index in [-0.39, 0.29) is 25.2 Å². The molecule has 21 heteroatoms. The summed E-state index contributed by atoms with van der Waals surface area (Å²) < 4.78 is 0. The third-order valence-electron chi connectivity index (χ3n) is 9.19. The molecule has 0 aliphatic heterocycles. The molecule has 2 aromatic rings. The lowest BCUT2D eigenvalue weighted by Gasteiger charge is -2.27. The highest BCUT2D eigenvalue weighted by Gasteiger charge is 2.35. The maximum Gasteiger partial charge on any atom is 0.325 e. The highest BCUT2D eigenvalue weighted by molar-refractivity contribution is 5.98. The second-order valence-electron chi connectivity index (χ2n) is 15.0. The Morgan fingerprint density at radius 3 is 1.32 bits per heavy atom. The van der Waals surface area contributed by atoms with Gasteiger partial charge in [-0.3, -0.25) is 47.9 Å². The standard InChI is InChI=1S/C41H55N7O14/c1-22(2)18-29(38(58)43-23(3)41(61)62)46-37(57)28(15-17-33(51)52)45-39(59)30(20-25-12-8-5-9-13-25)47-40(60)31(21-34(53)54)48-36(56)27(14-16-32(49)50)44-35(55)26(42)19-24-10-6-4-7-11-24/h4-13,22-23,26-31H,14-21,42H2,1-3H3,(H,43,58)(H,44,55)(H,45,59)(H,46,57)(H,47,60)(H,48,56)(H,49,50)(H,51,52)(H,53,54)(H,61,62)/t23-,26-,27-,28-,29-,30-,31-/m0/s1. The predicted octanol–water partition coefficient (Wildman–Crippen LogP) is -0.937. The largest absolute Gasteiger partial charge is 0.481 e. The molecule has 0 saturated carbocycles. The average molecular weight is 870 g/mol. The summed E-state index contributed by atoms with van der Waals surface area (Å²) in [6.45, 7) is 4.66. The zero-order valence-corrected chi connectivity index (χ0v) is 34.5. The van der Waals surface area contributed by atoms with E-state index in [1.165, 1.54) is 6.92 Å². The lowest BCUT2D eigenvalue weighted by atomic mass is 10.0. The van der Waals surface area contributed by atoms with E-state index in [0.29, 0.717) is 11.1 Å². The molecule has 0 spiro atoms. The molecule has 338 valence electrons. The van der Waals surface area contributed by atoms with Crippen molar-refractivity contribution in [1.29, 1.82) is 0 Å². The topological polar surface area (TPSA) is 350 Å². The van der Waals surface area contributed by atoms with Gasteiger partial charge in [0, 0.05) is 19.3 Å². The number of amides is 6. The number of rotatable bonds is 27. The van der Waals surface area contributed by atoms with E-state index in [0.717, 1.165) is 0 Å². The van der Waals surface area contributed by atoms with Gasteiger partial charge in [-0.15, -0.1) is 0 Å². The van der Waals surface area contributed by atoms with Crippen molar-refractivity contribution in [3.05, 3.63) is 71.8 Å². The number of carboxylic acids is 4. The van der Waals surface area contributed by atoms with Crippen molar-refractivity contribution >= 4 is 59.3 Å². The van der Waals surface area contributed by atoms with Crippen molar-refractivity contribution < 1.29 is 68.4 Å². The first kappa shape index (κ1) is 51.2. The number of hydrogen-bond acceptors (Lipinski definition) is 11. The van der Waals surface area contributed by atoms with Crippen LogP contribution in [0.3, 0.4) is 0 Å². The molecular formula is C41H55N7O14. The number of benzene rings is 2. The van der Waals surface area contributed by atoms with Gasteiger partial charge in [-0.1, -0.05) is 74.5 Å². The molecule has 0 bridgehead atoms. The van der Waals surface area contributed by atoms with Crippen molar-refractivity contribution in [2.75, 3.05) is 0 Å². The molecule has 21 nitrogen and oxygen atoms in total. The van der Waals surface area contributed by atoms with Gasteiger partial charge >= 0.3 is 23.9 Å². The Hall–Kier alpha value is -6.90. The smallest absolute Gasteiger partial charge is 0.325 e. The summed E-state index contributed by atoms with van der Waals surface area (Å²) in [5, 5.41) is 51.8. The van der Waals surface area contributed by atoms with Crippen molar-refractivity contribution in [3.8, 4) is 0 Å². The Morgan fingerprint density at radius 1 is 0.484 bits per heavy atom. The van der Waals surface area contributed by atoms with Gasteiger partial charge in [0.1, 0.15) is 36.3 Å². The van der Waals surface area contributed by atoms with E-state index >= 15 is 0 Å². The normalized spacial score (nSPS) is 14.3. The lowest BCUT2D eigenvalue weighted by Crippen LogP contribution is -2.60. The zero-order valence-electron chi connectivity index (χ0n) is 34.5. The molecule has 7 atom stereocenters. The van der Waals surface area contributed by atoms with Gasteiger partial charge in [-0.2, -0.15) is 0 Å². The summed E-state index contributed by atoms with van der Waals surface area (Å²) >= 11 is 0. The lowest BCUT2D eigenvalue weighted by molar-refractivity contribution is -0.142. The molecule has 12 N–H and O–H groups in total. The summed E-state index contributed by atoms with van der Waals surface area (Å²) in [5.41, 5.74) is 7.20. The molecule has 0 heterocycles. The molecule has 0 saturated heterocycles. The quantitative estimate of drug-likeness (QED) is 0.0516. The first-order chi connectivity index (χ1) is 29.2. The second-order valence-corrected chi connectivity index (χ2v) is 15.0. The molecule has 0 fully saturated rings. The SMILES string of the molecule is CC(C)C[C@H](NC(=O)[C@H](CCC(=O)O)NC(=O)[C@H](Cc1ccccc1)NC(=O)[C@H](CC(=O)O)NC(=O)[C@H](CCC(=O)O)NC(=O)[C@@H](N)Cc1ccccc1)C(=O)N[C@@H](C)C(=O)O. The minimum absolute atomic E-state index is 0.0220. The molecule has 2 rings (SSSR count). The van der Waals surface area contributed by atoms with E-state index in [9.17, 15) is 68.4 Å². The highest BCUT2D eigenvalue weighted by atomic mass is 16.4. The molecule has 0 aromatic heterocycles. The van der Waals surface area contributed by atoms with Crippen LogP contribution >= 0.6 is 0 Å². The van der Waals surface area contributed by atoms with Crippen LogP contribution in [0.5, 0.6) is 0 Å². The van der Waals surface area contributed by atoms with E-state index in [2.05, 4.69) is 31.9 Å². The maximum absolute atomic E-state index is 14.0. The average Bonchev–Trinajstić information content (AvgIpc) is 3.19. The third kappa shape index (κ3) is 19.0. The van der Waals surface area contributed by atoms with Crippen LogP contribution in [0, 0.1) is 5.92 Å². The van der Waals surface area contributed by atoms with Gasteiger partial charge in [0.25, 0.3) is 0 Å². The number of carbonyl (C=O) groups is 10. The molecule has 2 aromatic carbocycles. The van der Waals surface area contributed by atoms with E-state index in [1.807, 2.05) is 0 Å². The number of carbonyl (C=O) groups excluding carboxylic acids is 6. The fourth-order valence-electron chi connectivity index (χ4n) is 5.92. The summed E-state index contributed by atoms with van der Waals surface area (Å²) in [6.07, 6.45) is -3.51. The molecular weight excluding hydrogens is 814 g/mol. The Balaban J connectivity index is 2.41. The number of aliphatic carboxylic acids is 4. The Labute approximate surface area is 357 Å². The number of carboxylic acid groups (broad SMARTS) is 4. The maximum atomic E-state index is 14.0. The van der Waals surface area contributed by atoms with Crippen LogP contribution in [0.2, 0.25) is 0 Å². The first-order valence-electron chi connectivity index (χ1n) is 19.7. The fraction of sp³-hybridized carbons (Fsp3) is 0.463. The van der Waals surface area contributed by atoms with Crippen molar-refractivity contribution in [3.63, 3.8) is 0 Å². The monoisotopic (exact) mass is 869 g/mol. The van der Waals surface area contributed by atoms with E-state index in [1.54, 1.807) is 74.5 Å². The van der Waals surface area contributed by atoms with Gasteiger partial charge in [-0.05, 0) is 49.7 Å². The van der Waals surface area contributed by atoms with Gasteiger partial charge in [-0.25, -0.2) is 0 Å². The fourth-order valence-corrected chi connectivity index (χ4v) is 5.92. The minimum Gasteiger partial charge on any atom is -0.481 e. The van der Waals surface area contributed by atoms with Gasteiger partial charge in [0.15, 0.2) is 0 Å². The summed E-state index contributed by atoms with van der Waals surface area (Å²) in [7, 11) is 0. The first-order valence-corrected chi connectivity index (χ1v) is 19.7. The number of nitrogens with one attached hydrogen (secondary N) is 6. The highest BCUT2D eigenvalue weighted by Crippen LogP contribution is 2.11. The van der Waals surface area contributed by atoms with Crippen LogP contribution in [0.4, 0.5) is 0 Å². The van der Waals surface area contributed by atoms with Crippen LogP contribution in [-0.4, -0.2) is 122 Å². The van der Waals surface area contributed by atoms with Crippen LogP contribution < -0.4 is 37.6 Å². The second kappa shape index (κ2) is 25.7. The van der Waals surface area contributed by atoms with Crippen LogP contribution in [0.15, 0.2) is 60.7 Å². The summed E-state index contributed by atoms with van der Waals surface area (Å²) in [5.74, 6) is -11.9. The van der Waals surface area contributed by atoms with Crippen LogP contribution in [0.25, 0.3) is 0 Å². The third-order valence-corrected chi connectivity index (χ3v) is 9.19. The molecule has 0 aliphatic rings. The number of nitrogens with two attached hydrogens (primary N) is 1. The molecule has 6 amide bonds. The summed E-state index contributed by atoms with van der Waals surface area (Å²) in [4.78, 5) is 127. The molecule has 0 aliphatic carbocycles.